The average Bonchev–Trinajstić information content (AvgIpc) is 2.84. The van der Waals surface area contributed by atoms with Gasteiger partial charge in [-0.15, -0.1) is 10.2 Å². The predicted molar refractivity (Wildman–Crippen MR) is 75.1 cm³/mol. The summed E-state index contributed by atoms with van der Waals surface area (Å²) < 4.78 is 0. The van der Waals surface area contributed by atoms with Crippen molar-refractivity contribution in [1.82, 2.24) is 15.5 Å². The molecule has 2 N–H and O–H groups in total. The SMILES string of the molecule is CCCNc1nnc(C(=O)NC(CC)CCC)s1. The lowest BCUT2D eigenvalue weighted by molar-refractivity contribution is 0.0932. The van der Waals surface area contributed by atoms with Crippen LogP contribution in [0.25, 0.3) is 0 Å². The monoisotopic (exact) mass is 270 g/mol. The molecule has 0 bridgehead atoms. The van der Waals surface area contributed by atoms with E-state index in [4.69, 9.17) is 0 Å². The van der Waals surface area contributed by atoms with E-state index in [0.29, 0.717) is 10.1 Å². The second-order valence-corrected chi connectivity index (χ2v) is 5.18. The molecule has 1 aromatic heterocycles. The standard InChI is InChI=1S/C12H22N4OS/c1-4-7-9(6-3)14-10(17)11-15-16-12(18-11)13-8-5-2/h9H,4-8H2,1-3H3,(H,13,16)(H,14,17). The molecule has 5 nitrogen and oxygen atoms in total. The Balaban J connectivity index is 2.52. The van der Waals surface area contributed by atoms with Crippen molar-refractivity contribution in [2.45, 2.75) is 52.5 Å². The summed E-state index contributed by atoms with van der Waals surface area (Å²) in [4.78, 5) is 11.9. The van der Waals surface area contributed by atoms with Gasteiger partial charge in [0.05, 0.1) is 0 Å². The Bertz CT molecular complexity index is 367. The summed E-state index contributed by atoms with van der Waals surface area (Å²) >= 11 is 1.31. The molecule has 0 fully saturated rings. The average molecular weight is 270 g/mol. The van der Waals surface area contributed by atoms with Crippen LogP contribution in [-0.2, 0) is 0 Å². The van der Waals surface area contributed by atoms with Crippen LogP contribution in [-0.4, -0.2) is 28.7 Å². The van der Waals surface area contributed by atoms with Crippen molar-refractivity contribution in [3.63, 3.8) is 0 Å². The van der Waals surface area contributed by atoms with E-state index in [9.17, 15) is 4.79 Å². The number of aromatic nitrogens is 2. The third kappa shape index (κ3) is 4.60. The molecule has 6 heteroatoms. The van der Waals surface area contributed by atoms with Gasteiger partial charge in [-0.05, 0) is 19.3 Å². The summed E-state index contributed by atoms with van der Waals surface area (Å²) in [5.74, 6) is -0.114. The molecule has 102 valence electrons. The number of nitrogens with one attached hydrogen (secondary N) is 2. The van der Waals surface area contributed by atoms with Crippen molar-refractivity contribution in [1.29, 1.82) is 0 Å². The Kier molecular flexibility index (Phi) is 6.64. The minimum absolute atomic E-state index is 0.114. The first-order chi connectivity index (χ1) is 8.71. The molecule has 1 unspecified atom stereocenters. The Morgan fingerprint density at radius 3 is 2.67 bits per heavy atom. The Labute approximate surface area is 112 Å². The molecule has 0 saturated heterocycles. The quantitative estimate of drug-likeness (QED) is 0.762. The third-order valence-corrected chi connectivity index (χ3v) is 3.49. The van der Waals surface area contributed by atoms with Gasteiger partial charge in [0.1, 0.15) is 0 Å². The lowest BCUT2D eigenvalue weighted by Gasteiger charge is -2.14. The summed E-state index contributed by atoms with van der Waals surface area (Å²) in [5, 5.41) is 15.1. The molecule has 1 rings (SSSR count). The minimum atomic E-state index is -0.114. The predicted octanol–water partition coefficient (Wildman–Crippen LogP) is 2.67. The van der Waals surface area contributed by atoms with Gasteiger partial charge in [-0.1, -0.05) is 38.5 Å². The fourth-order valence-corrected chi connectivity index (χ4v) is 2.26. The normalized spacial score (nSPS) is 12.2. The van der Waals surface area contributed by atoms with Crippen LogP contribution in [0.3, 0.4) is 0 Å². The highest BCUT2D eigenvalue weighted by Gasteiger charge is 2.15. The summed E-state index contributed by atoms with van der Waals surface area (Å²) in [6.07, 6.45) is 4.04. The molecule has 0 radical (unpaired) electrons. The van der Waals surface area contributed by atoms with E-state index in [1.807, 2.05) is 0 Å². The van der Waals surface area contributed by atoms with Gasteiger partial charge in [-0.25, -0.2) is 0 Å². The number of amides is 1. The maximum atomic E-state index is 11.9. The first kappa shape index (κ1) is 14.9. The fraction of sp³-hybridized carbons (Fsp3) is 0.750. The molecule has 0 aliphatic carbocycles. The first-order valence-corrected chi connectivity index (χ1v) is 7.41. The number of hydrogen-bond donors (Lipinski definition) is 2. The molecule has 18 heavy (non-hydrogen) atoms. The van der Waals surface area contributed by atoms with Gasteiger partial charge < -0.3 is 10.6 Å². The minimum Gasteiger partial charge on any atom is -0.360 e. The van der Waals surface area contributed by atoms with E-state index in [1.54, 1.807) is 0 Å². The smallest absolute Gasteiger partial charge is 0.282 e. The van der Waals surface area contributed by atoms with E-state index in [0.717, 1.165) is 32.2 Å². The van der Waals surface area contributed by atoms with E-state index in [1.165, 1.54) is 11.3 Å². The van der Waals surface area contributed by atoms with Gasteiger partial charge in [0.15, 0.2) is 0 Å². The van der Waals surface area contributed by atoms with E-state index < -0.39 is 0 Å². The maximum Gasteiger partial charge on any atom is 0.282 e. The molecular weight excluding hydrogens is 248 g/mol. The van der Waals surface area contributed by atoms with E-state index >= 15 is 0 Å². The van der Waals surface area contributed by atoms with Crippen molar-refractivity contribution >= 4 is 22.4 Å². The van der Waals surface area contributed by atoms with Crippen molar-refractivity contribution in [3.05, 3.63) is 5.01 Å². The van der Waals surface area contributed by atoms with Crippen molar-refractivity contribution in [3.8, 4) is 0 Å². The van der Waals surface area contributed by atoms with Gasteiger partial charge in [-0.3, -0.25) is 4.79 Å². The highest BCUT2D eigenvalue weighted by molar-refractivity contribution is 7.17. The number of nitrogens with zero attached hydrogens (tertiary/aromatic N) is 2. The molecule has 0 aromatic carbocycles. The van der Waals surface area contributed by atoms with E-state index in [2.05, 4.69) is 41.6 Å². The number of carbonyl (C=O) groups excluding carboxylic acids is 1. The summed E-state index contributed by atoms with van der Waals surface area (Å²) in [7, 11) is 0. The zero-order valence-corrected chi connectivity index (χ0v) is 12.1. The highest BCUT2D eigenvalue weighted by Crippen LogP contribution is 2.15. The Hall–Kier alpha value is -1.17. The molecular formula is C12H22N4OS. The van der Waals surface area contributed by atoms with Gasteiger partial charge in [0.2, 0.25) is 10.1 Å². The van der Waals surface area contributed by atoms with Crippen LogP contribution in [0.5, 0.6) is 0 Å². The van der Waals surface area contributed by atoms with Crippen LogP contribution >= 0.6 is 11.3 Å². The van der Waals surface area contributed by atoms with Crippen LogP contribution in [0.2, 0.25) is 0 Å². The van der Waals surface area contributed by atoms with Crippen molar-refractivity contribution in [2.24, 2.45) is 0 Å². The maximum absolute atomic E-state index is 11.9. The number of rotatable bonds is 8. The van der Waals surface area contributed by atoms with E-state index in [-0.39, 0.29) is 11.9 Å². The molecule has 1 aromatic rings. The van der Waals surface area contributed by atoms with Crippen LogP contribution < -0.4 is 10.6 Å². The van der Waals surface area contributed by atoms with Gasteiger partial charge in [0.25, 0.3) is 5.91 Å². The van der Waals surface area contributed by atoms with Crippen LogP contribution in [0, 0.1) is 0 Å². The van der Waals surface area contributed by atoms with Gasteiger partial charge >= 0.3 is 0 Å². The van der Waals surface area contributed by atoms with Gasteiger partial charge in [-0.2, -0.15) is 0 Å². The highest BCUT2D eigenvalue weighted by atomic mass is 32.1. The zero-order valence-electron chi connectivity index (χ0n) is 11.3. The first-order valence-electron chi connectivity index (χ1n) is 6.59. The molecule has 1 amide bonds. The molecule has 1 heterocycles. The zero-order chi connectivity index (χ0) is 13.4. The lowest BCUT2D eigenvalue weighted by atomic mass is 10.1. The molecule has 0 aliphatic rings. The summed E-state index contributed by atoms with van der Waals surface area (Å²) in [5.41, 5.74) is 0. The number of hydrogen-bond acceptors (Lipinski definition) is 5. The number of carbonyl (C=O) groups is 1. The third-order valence-electron chi connectivity index (χ3n) is 2.61. The second kappa shape index (κ2) is 8.02. The molecule has 0 spiro atoms. The van der Waals surface area contributed by atoms with Crippen LogP contribution in [0.1, 0.15) is 56.3 Å². The summed E-state index contributed by atoms with van der Waals surface area (Å²) in [6, 6.07) is 0.235. The Morgan fingerprint density at radius 1 is 1.28 bits per heavy atom. The molecule has 1 atom stereocenters. The largest absolute Gasteiger partial charge is 0.360 e. The summed E-state index contributed by atoms with van der Waals surface area (Å²) in [6.45, 7) is 7.13. The second-order valence-electron chi connectivity index (χ2n) is 4.21. The molecule has 0 aliphatic heterocycles. The van der Waals surface area contributed by atoms with Crippen LogP contribution in [0.15, 0.2) is 0 Å². The van der Waals surface area contributed by atoms with Crippen molar-refractivity contribution < 1.29 is 4.79 Å². The fourth-order valence-electron chi connectivity index (χ4n) is 1.59. The Morgan fingerprint density at radius 2 is 2.06 bits per heavy atom. The van der Waals surface area contributed by atoms with Crippen LogP contribution in [0.4, 0.5) is 5.13 Å². The van der Waals surface area contributed by atoms with Crippen molar-refractivity contribution in [2.75, 3.05) is 11.9 Å². The number of anilines is 1. The van der Waals surface area contributed by atoms with Gasteiger partial charge in [0, 0.05) is 12.6 Å². The molecule has 0 saturated carbocycles. The lowest BCUT2D eigenvalue weighted by Crippen LogP contribution is -2.34. The topological polar surface area (TPSA) is 66.9 Å².